The summed E-state index contributed by atoms with van der Waals surface area (Å²) in [6.07, 6.45) is 10.6. The normalized spacial score (nSPS) is 24.4. The topological polar surface area (TPSA) is 86.9 Å². The molecule has 2 bridgehead atoms. The van der Waals surface area contributed by atoms with Crippen molar-refractivity contribution in [3.05, 3.63) is 48.0 Å². The number of benzene rings is 2. The molecule has 1 unspecified atom stereocenters. The molecule has 3 N–H and O–H groups in total. The fourth-order valence-corrected chi connectivity index (χ4v) is 6.28. The second-order valence-corrected chi connectivity index (χ2v) is 10.5. The molecule has 0 spiro atoms. The lowest BCUT2D eigenvalue weighted by atomic mass is 9.64. The molecule has 34 heavy (non-hydrogen) atoms. The van der Waals surface area contributed by atoms with Gasteiger partial charge in [0.1, 0.15) is 5.82 Å². The molecule has 3 aromatic rings. The van der Waals surface area contributed by atoms with Gasteiger partial charge < -0.3 is 15.6 Å². The molecule has 6 nitrogen and oxygen atoms in total. The average molecular weight is 457 g/mol. The first-order chi connectivity index (χ1) is 16.6. The Morgan fingerprint density at radius 2 is 1.68 bits per heavy atom. The molecule has 2 amide bonds. The van der Waals surface area contributed by atoms with Gasteiger partial charge in [0.25, 0.3) is 5.91 Å². The van der Waals surface area contributed by atoms with Crippen molar-refractivity contribution < 1.29 is 9.59 Å². The highest BCUT2D eigenvalue weighted by Crippen LogP contribution is 2.45. The van der Waals surface area contributed by atoms with Gasteiger partial charge in [-0.05, 0) is 74.3 Å². The summed E-state index contributed by atoms with van der Waals surface area (Å²) in [6.45, 7) is 0. The number of nitrogens with zero attached hydrogens (tertiary/aromatic N) is 1. The molecule has 1 atom stereocenters. The van der Waals surface area contributed by atoms with Crippen molar-refractivity contribution in [1.29, 1.82) is 0 Å². The number of rotatable bonds is 5. The Labute approximate surface area is 199 Å². The first-order valence-corrected chi connectivity index (χ1v) is 12.8. The average Bonchev–Trinajstić information content (AvgIpc) is 3.54. The number of hydrogen-bond donors (Lipinski definition) is 3. The molecule has 2 aromatic carbocycles. The Bertz CT molecular complexity index is 1200. The summed E-state index contributed by atoms with van der Waals surface area (Å²) in [6, 6.07) is 13.7. The number of carbonyl (C=O) groups excluding carboxylic acids is 2. The smallest absolute Gasteiger partial charge is 0.251 e. The number of aromatic nitrogens is 2. The van der Waals surface area contributed by atoms with Gasteiger partial charge in [0.2, 0.25) is 5.91 Å². The van der Waals surface area contributed by atoms with Crippen LogP contribution >= 0.6 is 0 Å². The summed E-state index contributed by atoms with van der Waals surface area (Å²) >= 11 is 0. The van der Waals surface area contributed by atoms with Crippen molar-refractivity contribution in [2.24, 2.45) is 17.8 Å². The Balaban J connectivity index is 1.14. The van der Waals surface area contributed by atoms with Crippen molar-refractivity contribution in [1.82, 2.24) is 15.3 Å². The van der Waals surface area contributed by atoms with E-state index in [9.17, 15) is 9.59 Å². The van der Waals surface area contributed by atoms with Crippen LogP contribution in [0.15, 0.2) is 42.5 Å². The number of imidazole rings is 1. The van der Waals surface area contributed by atoms with Gasteiger partial charge in [-0.15, -0.1) is 0 Å². The minimum atomic E-state index is -0.00498. The van der Waals surface area contributed by atoms with Gasteiger partial charge in [0, 0.05) is 28.8 Å². The monoisotopic (exact) mass is 456 g/mol. The number of amides is 2. The zero-order valence-electron chi connectivity index (χ0n) is 19.5. The molecule has 7 rings (SSSR count). The van der Waals surface area contributed by atoms with Crippen LogP contribution in [0.25, 0.3) is 22.4 Å². The van der Waals surface area contributed by atoms with Crippen molar-refractivity contribution in [2.45, 2.75) is 63.8 Å². The molecule has 0 aliphatic heterocycles. The Hall–Kier alpha value is -3.15. The van der Waals surface area contributed by atoms with Gasteiger partial charge in [-0.25, -0.2) is 4.98 Å². The zero-order chi connectivity index (χ0) is 23.1. The van der Waals surface area contributed by atoms with Crippen LogP contribution in [-0.2, 0) is 4.79 Å². The summed E-state index contributed by atoms with van der Waals surface area (Å²) < 4.78 is 0. The van der Waals surface area contributed by atoms with E-state index < -0.39 is 0 Å². The molecule has 4 aliphatic carbocycles. The van der Waals surface area contributed by atoms with E-state index in [4.69, 9.17) is 4.98 Å². The third kappa shape index (κ3) is 4.22. The van der Waals surface area contributed by atoms with Gasteiger partial charge in [-0.1, -0.05) is 37.8 Å². The highest BCUT2D eigenvalue weighted by atomic mass is 16.2. The molecule has 176 valence electrons. The molecule has 6 heteroatoms. The molecule has 4 saturated carbocycles. The third-order valence-electron chi connectivity index (χ3n) is 8.24. The van der Waals surface area contributed by atoms with Gasteiger partial charge in [-0.2, -0.15) is 0 Å². The molecule has 4 fully saturated rings. The van der Waals surface area contributed by atoms with Crippen LogP contribution in [0.1, 0.15) is 68.1 Å². The van der Waals surface area contributed by atoms with E-state index in [0.29, 0.717) is 17.5 Å². The minimum Gasteiger partial charge on any atom is -0.349 e. The number of H-pyrrole nitrogens is 1. The highest BCUT2D eigenvalue weighted by molar-refractivity contribution is 5.96. The molecular formula is C28H32N4O2. The number of carbonyl (C=O) groups is 2. The second-order valence-electron chi connectivity index (χ2n) is 10.5. The molecule has 0 radical (unpaired) electrons. The number of aromatic amines is 1. The first kappa shape index (κ1) is 21.4. The van der Waals surface area contributed by atoms with E-state index in [0.717, 1.165) is 53.3 Å². The molecule has 1 aromatic heterocycles. The van der Waals surface area contributed by atoms with Crippen LogP contribution in [0, 0.1) is 17.8 Å². The Morgan fingerprint density at radius 3 is 2.38 bits per heavy atom. The number of nitrogens with one attached hydrogen (secondary N) is 3. The van der Waals surface area contributed by atoms with E-state index >= 15 is 0 Å². The first-order valence-electron chi connectivity index (χ1n) is 12.8. The van der Waals surface area contributed by atoms with Crippen molar-refractivity contribution >= 4 is 28.5 Å². The zero-order valence-corrected chi connectivity index (χ0v) is 19.5. The summed E-state index contributed by atoms with van der Waals surface area (Å²) in [4.78, 5) is 33.5. The van der Waals surface area contributed by atoms with Crippen LogP contribution < -0.4 is 10.6 Å². The van der Waals surface area contributed by atoms with E-state index in [2.05, 4.69) is 15.6 Å². The van der Waals surface area contributed by atoms with E-state index in [-0.39, 0.29) is 17.7 Å². The van der Waals surface area contributed by atoms with Gasteiger partial charge in [0.05, 0.1) is 11.0 Å². The molecule has 1 heterocycles. The van der Waals surface area contributed by atoms with Gasteiger partial charge in [-0.3, -0.25) is 9.59 Å². The second kappa shape index (κ2) is 8.90. The number of fused-ring (bicyclic) bond motifs is 4. The minimum absolute atomic E-state index is 0.00498. The molecular weight excluding hydrogens is 424 g/mol. The Morgan fingerprint density at radius 1 is 0.912 bits per heavy atom. The third-order valence-corrected chi connectivity index (χ3v) is 8.24. The highest BCUT2D eigenvalue weighted by Gasteiger charge is 2.39. The van der Waals surface area contributed by atoms with Crippen molar-refractivity contribution in [3.8, 4) is 11.4 Å². The maximum atomic E-state index is 12.9. The lowest BCUT2D eigenvalue weighted by molar-refractivity contribution is -0.124. The van der Waals surface area contributed by atoms with E-state index in [1.807, 2.05) is 42.5 Å². The Kier molecular flexibility index (Phi) is 5.60. The van der Waals surface area contributed by atoms with Crippen LogP contribution in [-0.4, -0.2) is 27.8 Å². The van der Waals surface area contributed by atoms with Gasteiger partial charge in [0.15, 0.2) is 0 Å². The number of anilines is 1. The maximum Gasteiger partial charge on any atom is 0.251 e. The largest absolute Gasteiger partial charge is 0.349 e. The SMILES string of the molecule is O=C(NC1CCCC1)c1ccc(-c2nc3ccc(NC(=O)C4CC5CCC4CC5)cc3[nH]2)cc1. The van der Waals surface area contributed by atoms with Crippen LogP contribution in [0.3, 0.4) is 0 Å². The van der Waals surface area contributed by atoms with Crippen molar-refractivity contribution in [3.63, 3.8) is 0 Å². The maximum absolute atomic E-state index is 12.9. The molecule has 4 aliphatic rings. The van der Waals surface area contributed by atoms with E-state index in [1.165, 1.54) is 38.5 Å². The van der Waals surface area contributed by atoms with Crippen LogP contribution in [0.2, 0.25) is 0 Å². The lowest BCUT2D eigenvalue weighted by Gasteiger charge is -2.41. The predicted molar refractivity (Wildman–Crippen MR) is 133 cm³/mol. The summed E-state index contributed by atoms with van der Waals surface area (Å²) in [5, 5.41) is 6.29. The van der Waals surface area contributed by atoms with Crippen molar-refractivity contribution in [2.75, 3.05) is 5.32 Å². The van der Waals surface area contributed by atoms with Gasteiger partial charge >= 0.3 is 0 Å². The standard InChI is InChI=1S/C28H32N4O2/c33-27(29-21-3-1-2-4-21)20-11-9-19(10-12-20)26-31-24-14-13-22(16-25(24)32-26)30-28(34)23-15-17-5-7-18(23)8-6-17/h9-14,16-18,21,23H,1-8,15H2,(H,29,33)(H,30,34)(H,31,32). The summed E-state index contributed by atoms with van der Waals surface area (Å²) in [7, 11) is 0. The van der Waals surface area contributed by atoms with E-state index in [1.54, 1.807) is 0 Å². The summed E-state index contributed by atoms with van der Waals surface area (Å²) in [5.74, 6) is 2.36. The summed E-state index contributed by atoms with van der Waals surface area (Å²) in [5.41, 5.74) is 4.16. The fourth-order valence-electron chi connectivity index (χ4n) is 6.28. The number of hydrogen-bond acceptors (Lipinski definition) is 3. The van der Waals surface area contributed by atoms with Crippen LogP contribution in [0.5, 0.6) is 0 Å². The predicted octanol–water partition coefficient (Wildman–Crippen LogP) is 5.67. The van der Waals surface area contributed by atoms with Crippen LogP contribution in [0.4, 0.5) is 5.69 Å². The fraction of sp³-hybridized carbons (Fsp3) is 0.464. The lowest BCUT2D eigenvalue weighted by Crippen LogP contribution is -2.38. The molecule has 0 saturated heterocycles. The quantitative estimate of drug-likeness (QED) is 0.462.